The van der Waals surface area contributed by atoms with Gasteiger partial charge in [0.1, 0.15) is 22.5 Å². The van der Waals surface area contributed by atoms with Crippen molar-refractivity contribution in [3.8, 4) is 5.75 Å². The Balaban J connectivity index is 1.42. The molecule has 3 aliphatic heterocycles. The number of carbonyl (C=O) groups is 1. The number of aryl methyl sites for hydroxylation is 1. The van der Waals surface area contributed by atoms with Crippen LogP contribution in [0.3, 0.4) is 0 Å². The van der Waals surface area contributed by atoms with E-state index in [0.29, 0.717) is 34.3 Å². The highest BCUT2D eigenvalue weighted by Crippen LogP contribution is 2.89. The van der Waals surface area contributed by atoms with E-state index in [1.807, 2.05) is 26.0 Å². The first-order valence-corrected chi connectivity index (χ1v) is 10.0. The van der Waals surface area contributed by atoms with Crippen LogP contribution in [0.2, 0.25) is 5.02 Å². The van der Waals surface area contributed by atoms with Crippen LogP contribution in [0.1, 0.15) is 35.5 Å². The van der Waals surface area contributed by atoms with E-state index >= 15 is 0 Å². The van der Waals surface area contributed by atoms with Gasteiger partial charge in [-0.15, -0.1) is 0 Å². The molecular formula is C21H19ClN4O4. The standard InChI is InChI=1S/C21H19ClN4O4/c1-10-6-11(22)8-24-15(10)16(27)25-12-4-5-14-13(7-12)20-19(18(2,3)29-14)9-28-21(19,20)30-17(23)26-20/h4-8H,9H2,1-3H3,(H2,23,26)(H,25,27). The zero-order valence-electron chi connectivity index (χ0n) is 16.6. The molecule has 1 amide bonds. The molecule has 1 saturated carbocycles. The molecule has 2 fully saturated rings. The third-order valence-corrected chi connectivity index (χ3v) is 7.10. The number of fused-ring (bicyclic) bond motifs is 1. The van der Waals surface area contributed by atoms with Gasteiger partial charge in [-0.05, 0) is 50.6 Å². The van der Waals surface area contributed by atoms with Gasteiger partial charge < -0.3 is 25.3 Å². The van der Waals surface area contributed by atoms with Gasteiger partial charge in [0.25, 0.3) is 17.7 Å². The molecular weight excluding hydrogens is 408 g/mol. The van der Waals surface area contributed by atoms with Gasteiger partial charge in [-0.25, -0.2) is 9.98 Å². The second-order valence-corrected chi connectivity index (χ2v) is 9.11. The topological polar surface area (TPSA) is 108 Å². The smallest absolute Gasteiger partial charge is 0.285 e. The molecule has 3 unspecified atom stereocenters. The molecule has 3 N–H and O–H groups in total. The highest BCUT2D eigenvalue weighted by molar-refractivity contribution is 6.30. The molecule has 3 atom stereocenters. The minimum absolute atomic E-state index is 0.101. The summed E-state index contributed by atoms with van der Waals surface area (Å²) in [6, 6.07) is 7.26. The number of ether oxygens (including phenoxy) is 3. The molecule has 8 nitrogen and oxygen atoms in total. The van der Waals surface area contributed by atoms with Gasteiger partial charge in [0.15, 0.2) is 5.54 Å². The molecule has 0 bridgehead atoms. The van der Waals surface area contributed by atoms with E-state index in [1.54, 1.807) is 19.1 Å². The molecule has 4 heterocycles. The average Bonchev–Trinajstić information content (AvgIpc) is 2.86. The van der Waals surface area contributed by atoms with E-state index in [0.717, 1.165) is 5.56 Å². The number of amides is 1. The Hall–Kier alpha value is -2.84. The summed E-state index contributed by atoms with van der Waals surface area (Å²) >= 11 is 5.95. The first-order chi connectivity index (χ1) is 14.2. The van der Waals surface area contributed by atoms with Crippen LogP contribution >= 0.6 is 11.6 Å². The Morgan fingerprint density at radius 3 is 2.77 bits per heavy atom. The number of hydrogen-bond donors (Lipinski definition) is 2. The van der Waals surface area contributed by atoms with Crippen molar-refractivity contribution in [3.63, 3.8) is 0 Å². The van der Waals surface area contributed by atoms with Crippen molar-refractivity contribution in [2.24, 2.45) is 16.1 Å². The third kappa shape index (κ3) is 1.69. The second kappa shape index (κ2) is 5.07. The molecule has 1 aliphatic carbocycles. The van der Waals surface area contributed by atoms with Gasteiger partial charge in [0.2, 0.25) is 0 Å². The maximum atomic E-state index is 12.8. The minimum Gasteiger partial charge on any atom is -0.486 e. The zero-order valence-corrected chi connectivity index (χ0v) is 17.3. The fourth-order valence-corrected chi connectivity index (χ4v) is 5.80. The van der Waals surface area contributed by atoms with Crippen LogP contribution in [-0.4, -0.2) is 34.9 Å². The third-order valence-electron chi connectivity index (χ3n) is 6.89. The quantitative estimate of drug-likeness (QED) is 0.764. The summed E-state index contributed by atoms with van der Waals surface area (Å²) in [7, 11) is 0. The normalized spacial score (nSPS) is 33.4. The predicted octanol–water partition coefficient (Wildman–Crippen LogP) is 2.73. The Bertz CT molecular complexity index is 1200. The summed E-state index contributed by atoms with van der Waals surface area (Å²) < 4.78 is 18.1. The fraction of sp³-hybridized carbons (Fsp3) is 0.381. The molecule has 4 aliphatic rings. The summed E-state index contributed by atoms with van der Waals surface area (Å²) in [5.74, 6) is -0.608. The van der Waals surface area contributed by atoms with Crippen LogP contribution in [0, 0.1) is 12.3 Å². The van der Waals surface area contributed by atoms with Crippen molar-refractivity contribution < 1.29 is 19.0 Å². The van der Waals surface area contributed by atoms with Gasteiger partial charge in [-0.1, -0.05) is 11.6 Å². The number of carbonyl (C=O) groups excluding carboxylic acids is 1. The van der Waals surface area contributed by atoms with Crippen LogP contribution in [0.4, 0.5) is 5.69 Å². The Kier molecular flexibility index (Phi) is 3.04. The number of nitrogens with two attached hydrogens (primary N) is 1. The van der Waals surface area contributed by atoms with Gasteiger partial charge in [-0.2, -0.15) is 0 Å². The lowest BCUT2D eigenvalue weighted by Gasteiger charge is -2.45. The summed E-state index contributed by atoms with van der Waals surface area (Å²) in [5.41, 5.74) is 6.50. The number of aromatic nitrogens is 1. The molecule has 154 valence electrons. The molecule has 3 spiro atoms. The number of aliphatic imine (C=N–C) groups is 1. The largest absolute Gasteiger partial charge is 0.486 e. The summed E-state index contributed by atoms with van der Waals surface area (Å²) in [5, 5.41) is 3.38. The first kappa shape index (κ1) is 18.0. The van der Waals surface area contributed by atoms with Gasteiger partial charge >= 0.3 is 0 Å². The molecule has 6 rings (SSSR count). The van der Waals surface area contributed by atoms with Crippen molar-refractivity contribution >= 4 is 29.2 Å². The highest BCUT2D eigenvalue weighted by atomic mass is 35.5. The predicted molar refractivity (Wildman–Crippen MR) is 109 cm³/mol. The lowest BCUT2D eigenvalue weighted by atomic mass is 9.77. The molecule has 1 aromatic carbocycles. The number of halogens is 1. The van der Waals surface area contributed by atoms with Crippen LogP contribution in [0.25, 0.3) is 0 Å². The average molecular weight is 427 g/mol. The van der Waals surface area contributed by atoms with E-state index < -0.39 is 22.3 Å². The Morgan fingerprint density at radius 1 is 1.27 bits per heavy atom. The molecule has 9 heteroatoms. The number of amidine groups is 1. The number of benzene rings is 1. The molecule has 1 saturated heterocycles. The second-order valence-electron chi connectivity index (χ2n) is 8.67. The number of anilines is 1. The van der Waals surface area contributed by atoms with E-state index in [9.17, 15) is 4.79 Å². The zero-order chi connectivity index (χ0) is 21.1. The first-order valence-electron chi connectivity index (χ1n) is 9.63. The van der Waals surface area contributed by atoms with E-state index in [4.69, 9.17) is 31.5 Å². The number of rotatable bonds is 2. The van der Waals surface area contributed by atoms with Crippen LogP contribution in [0.15, 0.2) is 35.5 Å². The van der Waals surface area contributed by atoms with Crippen LogP contribution in [0.5, 0.6) is 5.75 Å². The van der Waals surface area contributed by atoms with Crippen molar-refractivity contribution in [2.75, 3.05) is 11.9 Å². The van der Waals surface area contributed by atoms with Gasteiger partial charge in [0.05, 0.1) is 11.6 Å². The van der Waals surface area contributed by atoms with Crippen LogP contribution in [-0.2, 0) is 15.0 Å². The molecule has 1 aromatic heterocycles. The number of pyridine rings is 1. The van der Waals surface area contributed by atoms with Crippen molar-refractivity contribution in [1.82, 2.24) is 4.98 Å². The minimum atomic E-state index is -0.949. The van der Waals surface area contributed by atoms with E-state index in [1.165, 1.54) is 6.20 Å². The molecule has 0 radical (unpaired) electrons. The van der Waals surface area contributed by atoms with Crippen molar-refractivity contribution in [1.29, 1.82) is 0 Å². The number of nitrogens with zero attached hydrogens (tertiary/aromatic N) is 2. The number of nitrogens with one attached hydrogen (secondary N) is 1. The van der Waals surface area contributed by atoms with Crippen molar-refractivity contribution in [3.05, 3.63) is 52.3 Å². The van der Waals surface area contributed by atoms with Gasteiger partial charge in [-0.3, -0.25) is 4.79 Å². The SMILES string of the molecule is Cc1cc(Cl)cnc1C(=O)Nc1ccc2c(c1)C13N=C(N)OC14OCC43C(C)(C)O2. The Labute approximate surface area is 177 Å². The van der Waals surface area contributed by atoms with Gasteiger partial charge in [0, 0.05) is 17.4 Å². The number of hydrogen-bond acceptors (Lipinski definition) is 7. The maximum absolute atomic E-state index is 12.8. The lowest BCUT2D eigenvalue weighted by molar-refractivity contribution is -0.263. The summed E-state index contributed by atoms with van der Waals surface area (Å²) in [6.07, 6.45) is 1.45. The van der Waals surface area contributed by atoms with Crippen molar-refractivity contribution in [2.45, 2.75) is 37.7 Å². The molecule has 30 heavy (non-hydrogen) atoms. The fourth-order valence-electron chi connectivity index (χ4n) is 5.58. The van der Waals surface area contributed by atoms with E-state index in [-0.39, 0.29) is 11.9 Å². The molecule has 2 aromatic rings. The highest BCUT2D eigenvalue weighted by Gasteiger charge is 3.06. The monoisotopic (exact) mass is 426 g/mol. The lowest BCUT2D eigenvalue weighted by Crippen LogP contribution is -2.58. The maximum Gasteiger partial charge on any atom is 0.285 e. The summed E-state index contributed by atoms with van der Waals surface area (Å²) in [4.78, 5) is 21.6. The summed E-state index contributed by atoms with van der Waals surface area (Å²) in [6.45, 7) is 6.27. The Morgan fingerprint density at radius 2 is 2.07 bits per heavy atom. The van der Waals surface area contributed by atoms with E-state index in [2.05, 4.69) is 15.3 Å². The van der Waals surface area contributed by atoms with Crippen LogP contribution < -0.4 is 15.8 Å².